The minimum absolute atomic E-state index is 0.382. The van der Waals surface area contributed by atoms with Gasteiger partial charge in [-0.05, 0) is 30.7 Å². The van der Waals surface area contributed by atoms with E-state index in [1.165, 1.54) is 24.8 Å². The maximum atomic E-state index is 6.31. The lowest BCUT2D eigenvalue weighted by molar-refractivity contribution is 0.0758. The summed E-state index contributed by atoms with van der Waals surface area (Å²) in [7, 11) is 0. The van der Waals surface area contributed by atoms with Gasteiger partial charge in [0, 0.05) is 24.7 Å². The Labute approximate surface area is 104 Å². The zero-order chi connectivity index (χ0) is 11.8. The Balaban J connectivity index is 1.79. The Kier molecular flexibility index (Phi) is 2.93. The molecule has 2 heterocycles. The summed E-state index contributed by atoms with van der Waals surface area (Å²) in [6.45, 7) is 3.44. The smallest absolute Gasteiger partial charge is 0.0254 e. The number of hydrogen-bond donors (Lipinski definition) is 1. The van der Waals surface area contributed by atoms with Gasteiger partial charge < -0.3 is 5.73 Å². The molecule has 0 aliphatic carbocycles. The van der Waals surface area contributed by atoms with E-state index in [0.717, 1.165) is 18.5 Å². The van der Waals surface area contributed by atoms with Gasteiger partial charge in [0.15, 0.2) is 0 Å². The van der Waals surface area contributed by atoms with Crippen LogP contribution in [-0.4, -0.2) is 23.0 Å². The van der Waals surface area contributed by atoms with Crippen LogP contribution in [0, 0.1) is 5.92 Å². The molecule has 1 aromatic rings. The number of piperidine rings is 1. The van der Waals surface area contributed by atoms with Crippen LogP contribution in [0.15, 0.2) is 30.3 Å². The first-order chi connectivity index (χ1) is 8.25. The molecule has 4 atom stereocenters. The second-order valence-electron chi connectivity index (χ2n) is 5.75. The summed E-state index contributed by atoms with van der Waals surface area (Å²) >= 11 is 0. The molecule has 2 bridgehead atoms. The molecule has 2 fully saturated rings. The highest BCUT2D eigenvalue weighted by Gasteiger charge is 2.44. The molecule has 0 amide bonds. The maximum Gasteiger partial charge on any atom is 0.0254 e. The van der Waals surface area contributed by atoms with Crippen molar-refractivity contribution in [1.29, 1.82) is 0 Å². The van der Waals surface area contributed by atoms with E-state index in [4.69, 9.17) is 5.73 Å². The Morgan fingerprint density at radius 1 is 1.18 bits per heavy atom. The Bertz CT molecular complexity index is 360. The Morgan fingerprint density at radius 2 is 1.88 bits per heavy atom. The fraction of sp³-hybridized carbons (Fsp3) is 0.600. The molecule has 2 nitrogen and oxygen atoms in total. The molecule has 2 aliphatic rings. The molecule has 2 saturated heterocycles. The molecule has 0 aromatic heterocycles. The lowest BCUT2D eigenvalue weighted by Crippen LogP contribution is -2.53. The fourth-order valence-corrected chi connectivity index (χ4v) is 3.76. The van der Waals surface area contributed by atoms with E-state index in [1.807, 2.05) is 0 Å². The van der Waals surface area contributed by atoms with Gasteiger partial charge in [0.2, 0.25) is 0 Å². The van der Waals surface area contributed by atoms with Gasteiger partial charge in [-0.1, -0.05) is 37.3 Å². The van der Waals surface area contributed by atoms with Gasteiger partial charge in [-0.15, -0.1) is 0 Å². The van der Waals surface area contributed by atoms with Crippen LogP contribution in [0.1, 0.15) is 31.7 Å². The quantitative estimate of drug-likeness (QED) is 0.845. The molecule has 0 unspecified atom stereocenters. The third-order valence-corrected chi connectivity index (χ3v) is 4.61. The molecular formula is C15H22N2. The maximum absolute atomic E-state index is 6.31. The first-order valence-electron chi connectivity index (χ1n) is 6.81. The number of nitrogens with two attached hydrogens (primary N) is 1. The summed E-state index contributed by atoms with van der Waals surface area (Å²) in [4.78, 5) is 2.66. The van der Waals surface area contributed by atoms with E-state index in [-0.39, 0.29) is 0 Å². The van der Waals surface area contributed by atoms with Crippen molar-refractivity contribution in [2.75, 3.05) is 0 Å². The van der Waals surface area contributed by atoms with Crippen molar-refractivity contribution in [3.8, 4) is 0 Å². The van der Waals surface area contributed by atoms with Gasteiger partial charge >= 0.3 is 0 Å². The average molecular weight is 230 g/mol. The van der Waals surface area contributed by atoms with Crippen molar-refractivity contribution < 1.29 is 0 Å². The summed E-state index contributed by atoms with van der Waals surface area (Å²) in [6, 6.07) is 12.6. The SMILES string of the molecule is C[C@@H]1C[C@@H](N)[C@H]2CC[C@@H]1N2Cc1ccccc1. The molecule has 2 aliphatic heterocycles. The lowest BCUT2D eigenvalue weighted by Gasteiger charge is -2.42. The minimum Gasteiger partial charge on any atom is -0.326 e. The third kappa shape index (κ3) is 2.00. The molecular weight excluding hydrogens is 208 g/mol. The van der Waals surface area contributed by atoms with E-state index in [2.05, 4.69) is 42.2 Å². The normalized spacial score (nSPS) is 37.3. The second kappa shape index (κ2) is 4.43. The zero-order valence-corrected chi connectivity index (χ0v) is 10.5. The minimum atomic E-state index is 0.382. The fourth-order valence-electron chi connectivity index (χ4n) is 3.76. The second-order valence-corrected chi connectivity index (χ2v) is 5.75. The van der Waals surface area contributed by atoms with Crippen LogP contribution in [0.5, 0.6) is 0 Å². The van der Waals surface area contributed by atoms with E-state index < -0.39 is 0 Å². The highest BCUT2D eigenvalue weighted by atomic mass is 15.2. The van der Waals surface area contributed by atoms with E-state index in [9.17, 15) is 0 Å². The van der Waals surface area contributed by atoms with Crippen LogP contribution in [-0.2, 0) is 6.54 Å². The number of fused-ring (bicyclic) bond motifs is 2. The van der Waals surface area contributed by atoms with Gasteiger partial charge in [-0.25, -0.2) is 0 Å². The molecule has 1 aromatic carbocycles. The van der Waals surface area contributed by atoms with Crippen LogP contribution < -0.4 is 5.73 Å². The topological polar surface area (TPSA) is 29.3 Å². The van der Waals surface area contributed by atoms with Crippen LogP contribution in [0.2, 0.25) is 0 Å². The van der Waals surface area contributed by atoms with Crippen molar-refractivity contribution in [2.45, 2.75) is 50.9 Å². The first-order valence-corrected chi connectivity index (χ1v) is 6.81. The predicted octanol–water partition coefficient (Wildman–Crippen LogP) is 2.39. The predicted molar refractivity (Wildman–Crippen MR) is 70.6 cm³/mol. The molecule has 92 valence electrons. The summed E-state index contributed by atoms with van der Waals surface area (Å²) < 4.78 is 0. The number of nitrogens with zero attached hydrogens (tertiary/aromatic N) is 1. The van der Waals surface area contributed by atoms with Crippen LogP contribution in [0.4, 0.5) is 0 Å². The number of benzene rings is 1. The molecule has 2 N–H and O–H groups in total. The Morgan fingerprint density at radius 3 is 2.65 bits per heavy atom. The summed E-state index contributed by atoms with van der Waals surface area (Å²) in [6.07, 6.45) is 3.84. The highest BCUT2D eigenvalue weighted by molar-refractivity contribution is 5.16. The average Bonchev–Trinajstić information content (AvgIpc) is 2.67. The van der Waals surface area contributed by atoms with Crippen LogP contribution in [0.3, 0.4) is 0 Å². The molecule has 0 saturated carbocycles. The first kappa shape index (κ1) is 11.2. The highest BCUT2D eigenvalue weighted by Crippen LogP contribution is 2.39. The van der Waals surface area contributed by atoms with Crippen molar-refractivity contribution in [2.24, 2.45) is 11.7 Å². The standard InChI is InChI=1S/C15H22N2/c1-11-9-13(16)15-8-7-14(11)17(15)10-12-5-3-2-4-6-12/h2-6,11,13-15H,7-10,16H2,1H3/t11-,13-,14+,15-/m1/s1. The summed E-state index contributed by atoms with van der Waals surface area (Å²) in [5, 5.41) is 0. The molecule has 17 heavy (non-hydrogen) atoms. The lowest BCUT2D eigenvalue weighted by atomic mass is 9.88. The van der Waals surface area contributed by atoms with Crippen LogP contribution >= 0.6 is 0 Å². The molecule has 0 spiro atoms. The monoisotopic (exact) mass is 230 g/mol. The van der Waals surface area contributed by atoms with Crippen molar-refractivity contribution in [3.63, 3.8) is 0 Å². The van der Waals surface area contributed by atoms with Crippen molar-refractivity contribution in [3.05, 3.63) is 35.9 Å². The van der Waals surface area contributed by atoms with Gasteiger partial charge in [0.1, 0.15) is 0 Å². The van der Waals surface area contributed by atoms with Gasteiger partial charge in [-0.2, -0.15) is 0 Å². The van der Waals surface area contributed by atoms with Gasteiger partial charge in [0.25, 0.3) is 0 Å². The van der Waals surface area contributed by atoms with E-state index in [0.29, 0.717) is 12.1 Å². The number of hydrogen-bond acceptors (Lipinski definition) is 2. The van der Waals surface area contributed by atoms with Crippen molar-refractivity contribution >= 4 is 0 Å². The van der Waals surface area contributed by atoms with E-state index >= 15 is 0 Å². The third-order valence-electron chi connectivity index (χ3n) is 4.61. The molecule has 0 radical (unpaired) electrons. The van der Waals surface area contributed by atoms with Crippen LogP contribution in [0.25, 0.3) is 0 Å². The van der Waals surface area contributed by atoms with Crippen molar-refractivity contribution in [1.82, 2.24) is 4.90 Å². The molecule has 2 heteroatoms. The van der Waals surface area contributed by atoms with Gasteiger partial charge in [-0.3, -0.25) is 4.90 Å². The van der Waals surface area contributed by atoms with E-state index in [1.54, 1.807) is 0 Å². The largest absolute Gasteiger partial charge is 0.326 e. The molecule has 3 rings (SSSR count). The zero-order valence-electron chi connectivity index (χ0n) is 10.5. The Hall–Kier alpha value is -0.860. The number of rotatable bonds is 2. The van der Waals surface area contributed by atoms with Gasteiger partial charge in [0.05, 0.1) is 0 Å². The summed E-state index contributed by atoms with van der Waals surface area (Å²) in [5.74, 6) is 0.757. The summed E-state index contributed by atoms with van der Waals surface area (Å²) in [5.41, 5.74) is 7.73.